The third kappa shape index (κ3) is 5.10. The monoisotopic (exact) mass is 456 g/mol. The standard InChI is InChI=1S/C22H25BrN4O2/c1-3-25(4-2)12-13-26(18-9-7-8-17(23)14-18)22(29)16-27-20-11-6-5-10-19(20)24-15-21(27)28/h5-11,14-15H,3-4,12-13,16H2,1-2H3. The van der Waals surface area contributed by atoms with E-state index in [2.05, 4.69) is 39.7 Å². The van der Waals surface area contributed by atoms with E-state index in [1.54, 1.807) is 4.90 Å². The summed E-state index contributed by atoms with van der Waals surface area (Å²) in [6.45, 7) is 7.34. The highest BCUT2D eigenvalue weighted by molar-refractivity contribution is 9.10. The van der Waals surface area contributed by atoms with Crippen molar-refractivity contribution in [3.8, 4) is 0 Å². The lowest BCUT2D eigenvalue weighted by atomic mass is 10.2. The van der Waals surface area contributed by atoms with Gasteiger partial charge >= 0.3 is 0 Å². The molecule has 1 aromatic heterocycles. The van der Waals surface area contributed by atoms with Gasteiger partial charge in [-0.05, 0) is 43.4 Å². The smallest absolute Gasteiger partial charge is 0.269 e. The maximum absolute atomic E-state index is 13.3. The second-order valence-corrected chi connectivity index (χ2v) is 7.64. The van der Waals surface area contributed by atoms with Crippen molar-refractivity contribution in [3.63, 3.8) is 0 Å². The summed E-state index contributed by atoms with van der Waals surface area (Å²) in [5.41, 5.74) is 1.88. The lowest BCUT2D eigenvalue weighted by Crippen LogP contribution is -2.41. The Labute approximate surface area is 178 Å². The van der Waals surface area contributed by atoms with E-state index < -0.39 is 0 Å². The number of amides is 1. The Hall–Kier alpha value is -2.51. The van der Waals surface area contributed by atoms with Crippen molar-refractivity contribution in [2.24, 2.45) is 0 Å². The van der Waals surface area contributed by atoms with Gasteiger partial charge in [0.1, 0.15) is 6.54 Å². The van der Waals surface area contributed by atoms with Gasteiger partial charge in [-0.25, -0.2) is 4.98 Å². The molecule has 0 aliphatic carbocycles. The van der Waals surface area contributed by atoms with Crippen molar-refractivity contribution >= 4 is 38.6 Å². The van der Waals surface area contributed by atoms with Crippen LogP contribution in [0.15, 0.2) is 64.0 Å². The molecule has 2 aromatic carbocycles. The van der Waals surface area contributed by atoms with Gasteiger partial charge in [0.2, 0.25) is 5.91 Å². The van der Waals surface area contributed by atoms with E-state index in [0.29, 0.717) is 17.6 Å². The van der Waals surface area contributed by atoms with Crippen LogP contribution in [0, 0.1) is 0 Å². The van der Waals surface area contributed by atoms with Crippen LogP contribution >= 0.6 is 15.9 Å². The van der Waals surface area contributed by atoms with Gasteiger partial charge in [0, 0.05) is 23.2 Å². The predicted octanol–water partition coefficient (Wildman–Crippen LogP) is 3.53. The zero-order chi connectivity index (χ0) is 20.8. The van der Waals surface area contributed by atoms with Gasteiger partial charge in [0.25, 0.3) is 5.56 Å². The molecule has 0 saturated carbocycles. The highest BCUT2D eigenvalue weighted by Crippen LogP contribution is 2.21. The number of anilines is 1. The van der Waals surface area contributed by atoms with E-state index in [-0.39, 0.29) is 18.0 Å². The number of carbonyl (C=O) groups is 1. The fourth-order valence-corrected chi connectivity index (χ4v) is 3.71. The van der Waals surface area contributed by atoms with Crippen LogP contribution in [0.1, 0.15) is 13.8 Å². The van der Waals surface area contributed by atoms with Crippen LogP contribution in [-0.4, -0.2) is 46.5 Å². The van der Waals surface area contributed by atoms with Gasteiger partial charge in [-0.15, -0.1) is 0 Å². The maximum atomic E-state index is 13.3. The van der Waals surface area contributed by atoms with Crippen molar-refractivity contribution in [1.29, 1.82) is 0 Å². The highest BCUT2D eigenvalue weighted by atomic mass is 79.9. The third-order valence-corrected chi connectivity index (χ3v) is 5.49. The molecular weight excluding hydrogens is 432 g/mol. The van der Waals surface area contributed by atoms with E-state index in [1.807, 2.05) is 48.5 Å². The maximum Gasteiger partial charge on any atom is 0.269 e. The summed E-state index contributed by atoms with van der Waals surface area (Å²) in [5.74, 6) is -0.131. The van der Waals surface area contributed by atoms with Gasteiger partial charge in [0.15, 0.2) is 0 Å². The first-order valence-electron chi connectivity index (χ1n) is 9.76. The van der Waals surface area contributed by atoms with Gasteiger partial charge in [-0.2, -0.15) is 0 Å². The van der Waals surface area contributed by atoms with Crippen LogP contribution in [0.2, 0.25) is 0 Å². The number of para-hydroxylation sites is 2. The number of hydrogen-bond acceptors (Lipinski definition) is 4. The first-order chi connectivity index (χ1) is 14.0. The van der Waals surface area contributed by atoms with Crippen LogP contribution in [-0.2, 0) is 11.3 Å². The van der Waals surface area contributed by atoms with Crippen molar-refractivity contribution in [3.05, 3.63) is 69.6 Å². The molecule has 29 heavy (non-hydrogen) atoms. The molecule has 0 aliphatic heterocycles. The zero-order valence-corrected chi connectivity index (χ0v) is 18.3. The summed E-state index contributed by atoms with van der Waals surface area (Å²) < 4.78 is 2.40. The number of aromatic nitrogens is 2. The van der Waals surface area contributed by atoms with E-state index >= 15 is 0 Å². The number of benzene rings is 2. The molecule has 0 saturated heterocycles. The summed E-state index contributed by atoms with van der Waals surface area (Å²) >= 11 is 3.49. The number of halogens is 1. The number of carbonyl (C=O) groups excluding carboxylic acids is 1. The van der Waals surface area contributed by atoms with Crippen LogP contribution in [0.5, 0.6) is 0 Å². The Morgan fingerprint density at radius 3 is 2.55 bits per heavy atom. The van der Waals surface area contributed by atoms with E-state index in [0.717, 1.165) is 29.8 Å². The molecule has 0 N–H and O–H groups in total. The van der Waals surface area contributed by atoms with Crippen LogP contribution in [0.3, 0.4) is 0 Å². The number of likely N-dealkylation sites (N-methyl/N-ethyl adjacent to an activating group) is 1. The number of hydrogen-bond donors (Lipinski definition) is 0. The second-order valence-electron chi connectivity index (χ2n) is 6.72. The van der Waals surface area contributed by atoms with E-state index in [9.17, 15) is 9.59 Å². The van der Waals surface area contributed by atoms with E-state index in [1.165, 1.54) is 10.8 Å². The molecule has 0 fully saturated rings. The minimum atomic E-state index is -0.282. The lowest BCUT2D eigenvalue weighted by molar-refractivity contribution is -0.119. The molecule has 7 heteroatoms. The molecule has 1 amide bonds. The molecule has 0 bridgehead atoms. The fraction of sp³-hybridized carbons (Fsp3) is 0.318. The number of nitrogens with zero attached hydrogens (tertiary/aromatic N) is 4. The highest BCUT2D eigenvalue weighted by Gasteiger charge is 2.19. The summed E-state index contributed by atoms with van der Waals surface area (Å²) in [6.07, 6.45) is 1.27. The minimum absolute atomic E-state index is 0.0351. The molecule has 0 unspecified atom stereocenters. The quantitative estimate of drug-likeness (QED) is 0.520. The Balaban J connectivity index is 1.93. The van der Waals surface area contributed by atoms with Crippen LogP contribution < -0.4 is 10.5 Å². The SMILES string of the molecule is CCN(CC)CCN(C(=O)Cn1c(=O)cnc2ccccc21)c1cccc(Br)c1. The van der Waals surface area contributed by atoms with Gasteiger partial charge in [0.05, 0.1) is 17.2 Å². The van der Waals surface area contributed by atoms with Crippen molar-refractivity contribution in [2.45, 2.75) is 20.4 Å². The minimum Gasteiger partial charge on any atom is -0.310 e. The Kier molecular flexibility index (Phi) is 7.17. The first-order valence-corrected chi connectivity index (χ1v) is 10.6. The van der Waals surface area contributed by atoms with Crippen LogP contribution in [0.25, 0.3) is 11.0 Å². The van der Waals surface area contributed by atoms with Gasteiger partial charge in [-0.1, -0.05) is 48.0 Å². The van der Waals surface area contributed by atoms with Crippen LogP contribution in [0.4, 0.5) is 5.69 Å². The normalized spacial score (nSPS) is 11.2. The second kappa shape index (κ2) is 9.80. The average molecular weight is 457 g/mol. The van der Waals surface area contributed by atoms with Crippen molar-refractivity contribution in [2.75, 3.05) is 31.1 Å². The molecule has 6 nitrogen and oxygen atoms in total. The molecule has 0 radical (unpaired) electrons. The topological polar surface area (TPSA) is 58.4 Å². The first kappa shape index (κ1) is 21.2. The Morgan fingerprint density at radius 1 is 1.07 bits per heavy atom. The van der Waals surface area contributed by atoms with Crippen molar-refractivity contribution in [1.82, 2.24) is 14.5 Å². The Morgan fingerprint density at radius 2 is 1.83 bits per heavy atom. The number of fused-ring (bicyclic) bond motifs is 1. The average Bonchev–Trinajstić information content (AvgIpc) is 2.73. The summed E-state index contributed by atoms with van der Waals surface area (Å²) in [7, 11) is 0. The van der Waals surface area contributed by atoms with Gasteiger partial charge in [-0.3, -0.25) is 14.2 Å². The van der Waals surface area contributed by atoms with E-state index in [4.69, 9.17) is 0 Å². The molecule has 0 aliphatic rings. The summed E-state index contributed by atoms with van der Waals surface area (Å²) in [4.78, 5) is 34.0. The molecule has 3 aromatic rings. The zero-order valence-electron chi connectivity index (χ0n) is 16.7. The predicted molar refractivity (Wildman–Crippen MR) is 120 cm³/mol. The Bertz CT molecular complexity index is 1050. The lowest BCUT2D eigenvalue weighted by Gasteiger charge is -2.27. The summed E-state index contributed by atoms with van der Waals surface area (Å²) in [5, 5.41) is 0. The molecule has 0 atom stereocenters. The largest absolute Gasteiger partial charge is 0.310 e. The van der Waals surface area contributed by atoms with Crippen molar-refractivity contribution < 1.29 is 4.79 Å². The molecule has 152 valence electrons. The molecule has 3 rings (SSSR count). The molecule has 1 heterocycles. The molecule has 0 spiro atoms. The summed E-state index contributed by atoms with van der Waals surface area (Å²) in [6, 6.07) is 15.0. The fourth-order valence-electron chi connectivity index (χ4n) is 3.32. The third-order valence-electron chi connectivity index (χ3n) is 5.00. The van der Waals surface area contributed by atoms with Gasteiger partial charge < -0.3 is 9.80 Å². The molecular formula is C22H25BrN4O2. The number of rotatable bonds is 8.